The molecule has 1 aliphatic heterocycles. The van der Waals surface area contributed by atoms with Gasteiger partial charge in [0.05, 0.1) is 11.4 Å². The van der Waals surface area contributed by atoms with E-state index in [2.05, 4.69) is 4.99 Å². The number of hydrogen-bond acceptors (Lipinski definition) is 3. The van der Waals surface area contributed by atoms with Crippen LogP contribution in [-0.4, -0.2) is 11.4 Å². The molecule has 1 aliphatic rings. The summed E-state index contributed by atoms with van der Waals surface area (Å²) >= 11 is 0. The predicted molar refractivity (Wildman–Crippen MR) is 44.4 cm³/mol. The zero-order chi connectivity index (χ0) is 8.97. The standard InChI is InChI=1S/C8H9FN2O/c1-2-6(9)5-8-7(11-12)3-4-10-8/h2-5,11-12H,1H3/b6-2+,8-5+. The molecule has 1 rings (SSSR count). The van der Waals surface area contributed by atoms with Crippen LogP contribution >= 0.6 is 0 Å². The molecule has 64 valence electrons. The second-order valence-electron chi connectivity index (χ2n) is 2.17. The first kappa shape index (κ1) is 8.67. The summed E-state index contributed by atoms with van der Waals surface area (Å²) in [4.78, 5) is 3.82. The topological polar surface area (TPSA) is 44.6 Å². The van der Waals surface area contributed by atoms with E-state index in [1.807, 2.05) is 5.48 Å². The van der Waals surface area contributed by atoms with Crippen LogP contribution in [0.4, 0.5) is 4.39 Å². The van der Waals surface area contributed by atoms with Gasteiger partial charge in [-0.25, -0.2) is 4.39 Å². The third kappa shape index (κ3) is 1.79. The van der Waals surface area contributed by atoms with Crippen molar-refractivity contribution in [2.45, 2.75) is 6.92 Å². The van der Waals surface area contributed by atoms with E-state index < -0.39 is 0 Å². The minimum Gasteiger partial charge on any atom is -0.291 e. The van der Waals surface area contributed by atoms with Gasteiger partial charge in [0.25, 0.3) is 0 Å². The highest BCUT2D eigenvalue weighted by atomic mass is 19.1. The lowest BCUT2D eigenvalue weighted by molar-refractivity contribution is 0.203. The number of aliphatic imine (C=N–C) groups is 1. The van der Waals surface area contributed by atoms with E-state index in [9.17, 15) is 4.39 Å². The normalized spacial score (nSPS) is 20.1. The molecule has 12 heavy (non-hydrogen) atoms. The Morgan fingerprint density at radius 1 is 1.75 bits per heavy atom. The molecule has 0 spiro atoms. The third-order valence-corrected chi connectivity index (χ3v) is 1.40. The Kier molecular flexibility index (Phi) is 2.76. The first-order valence-corrected chi connectivity index (χ1v) is 3.46. The fourth-order valence-electron chi connectivity index (χ4n) is 0.771. The van der Waals surface area contributed by atoms with E-state index in [0.29, 0.717) is 11.4 Å². The van der Waals surface area contributed by atoms with E-state index in [0.717, 1.165) is 0 Å². The van der Waals surface area contributed by atoms with Gasteiger partial charge in [-0.3, -0.25) is 15.7 Å². The maximum Gasteiger partial charge on any atom is 0.121 e. The lowest BCUT2D eigenvalue weighted by atomic mass is 10.3. The number of allylic oxidation sites excluding steroid dienone is 4. The van der Waals surface area contributed by atoms with Gasteiger partial charge in [0.15, 0.2) is 0 Å². The molecule has 3 nitrogen and oxygen atoms in total. The van der Waals surface area contributed by atoms with Crippen LogP contribution in [0, 0.1) is 0 Å². The van der Waals surface area contributed by atoms with E-state index in [1.165, 1.54) is 18.4 Å². The summed E-state index contributed by atoms with van der Waals surface area (Å²) in [5.74, 6) is -0.384. The van der Waals surface area contributed by atoms with Crippen molar-refractivity contribution in [1.29, 1.82) is 0 Å². The minimum atomic E-state index is -0.384. The smallest absolute Gasteiger partial charge is 0.121 e. The number of hydrogen-bond donors (Lipinski definition) is 2. The molecular formula is C8H9FN2O. The number of nitrogens with zero attached hydrogens (tertiary/aromatic N) is 1. The fourth-order valence-corrected chi connectivity index (χ4v) is 0.771. The Bertz CT molecular complexity index is 289. The average molecular weight is 168 g/mol. The largest absolute Gasteiger partial charge is 0.291 e. The minimum absolute atomic E-state index is 0.383. The van der Waals surface area contributed by atoms with Crippen molar-refractivity contribution in [1.82, 2.24) is 5.48 Å². The molecule has 0 saturated heterocycles. The molecule has 1 heterocycles. The van der Waals surface area contributed by atoms with Gasteiger partial charge in [-0.05, 0) is 13.0 Å². The molecule has 0 fully saturated rings. The fraction of sp³-hybridized carbons (Fsp3) is 0.125. The van der Waals surface area contributed by atoms with E-state index >= 15 is 0 Å². The second kappa shape index (κ2) is 3.82. The van der Waals surface area contributed by atoms with Crippen LogP contribution in [0.3, 0.4) is 0 Å². The number of rotatable bonds is 2. The van der Waals surface area contributed by atoms with Crippen LogP contribution in [0.5, 0.6) is 0 Å². The highest BCUT2D eigenvalue weighted by Crippen LogP contribution is 2.15. The number of nitrogens with one attached hydrogen (secondary N) is 1. The van der Waals surface area contributed by atoms with Gasteiger partial charge in [-0.1, -0.05) is 6.08 Å². The number of halogens is 1. The molecule has 0 radical (unpaired) electrons. The summed E-state index contributed by atoms with van der Waals surface area (Å²) in [6.07, 6.45) is 5.58. The quantitative estimate of drug-likeness (QED) is 0.616. The monoisotopic (exact) mass is 168 g/mol. The van der Waals surface area contributed by atoms with Crippen molar-refractivity contribution in [3.8, 4) is 0 Å². The Morgan fingerprint density at radius 2 is 2.50 bits per heavy atom. The Balaban J connectivity index is 2.83. The first-order chi connectivity index (χ1) is 5.77. The second-order valence-corrected chi connectivity index (χ2v) is 2.17. The molecule has 0 atom stereocenters. The molecule has 0 aliphatic carbocycles. The highest BCUT2D eigenvalue weighted by Gasteiger charge is 2.06. The van der Waals surface area contributed by atoms with Crippen molar-refractivity contribution in [2.75, 3.05) is 0 Å². The summed E-state index contributed by atoms with van der Waals surface area (Å²) in [7, 11) is 0. The van der Waals surface area contributed by atoms with Crippen LogP contribution in [0.1, 0.15) is 6.92 Å². The Morgan fingerprint density at radius 3 is 3.08 bits per heavy atom. The van der Waals surface area contributed by atoms with Crippen LogP contribution < -0.4 is 5.48 Å². The van der Waals surface area contributed by atoms with Crippen LogP contribution in [-0.2, 0) is 0 Å². The van der Waals surface area contributed by atoms with Crippen LogP contribution in [0.25, 0.3) is 0 Å². The van der Waals surface area contributed by atoms with Crippen molar-refractivity contribution >= 4 is 6.21 Å². The summed E-state index contributed by atoms with van der Waals surface area (Å²) in [5.41, 5.74) is 2.70. The van der Waals surface area contributed by atoms with E-state index in [-0.39, 0.29) is 5.83 Å². The maximum atomic E-state index is 12.7. The van der Waals surface area contributed by atoms with Crippen molar-refractivity contribution < 1.29 is 9.60 Å². The van der Waals surface area contributed by atoms with Gasteiger partial charge in [-0.15, -0.1) is 0 Å². The molecule has 0 aromatic carbocycles. The summed E-state index contributed by atoms with van der Waals surface area (Å²) in [6.45, 7) is 1.58. The molecule has 2 N–H and O–H groups in total. The molecule has 0 saturated carbocycles. The molecule has 0 aromatic heterocycles. The molecule has 0 aromatic rings. The van der Waals surface area contributed by atoms with Gasteiger partial charge in [0, 0.05) is 12.3 Å². The van der Waals surface area contributed by atoms with E-state index in [1.54, 1.807) is 13.0 Å². The maximum absolute atomic E-state index is 12.7. The summed E-state index contributed by atoms with van der Waals surface area (Å²) < 4.78 is 12.7. The van der Waals surface area contributed by atoms with Gasteiger partial charge >= 0.3 is 0 Å². The molecule has 0 amide bonds. The molecule has 0 bridgehead atoms. The lowest BCUT2D eigenvalue weighted by Gasteiger charge is -1.99. The SMILES string of the molecule is C/C=C(F)\C=C1\N=CC=C1NO. The van der Waals surface area contributed by atoms with Crippen LogP contribution in [0.2, 0.25) is 0 Å². The first-order valence-electron chi connectivity index (χ1n) is 3.46. The van der Waals surface area contributed by atoms with Crippen molar-refractivity contribution in [3.63, 3.8) is 0 Å². The van der Waals surface area contributed by atoms with Gasteiger partial charge in [0.2, 0.25) is 0 Å². The highest BCUT2D eigenvalue weighted by molar-refractivity contribution is 5.79. The van der Waals surface area contributed by atoms with Gasteiger partial charge < -0.3 is 0 Å². The van der Waals surface area contributed by atoms with E-state index in [4.69, 9.17) is 5.21 Å². The Hall–Kier alpha value is -1.42. The lowest BCUT2D eigenvalue weighted by Crippen LogP contribution is -2.05. The Labute approximate surface area is 69.6 Å². The van der Waals surface area contributed by atoms with Crippen LogP contribution in [0.15, 0.2) is 40.4 Å². The molecular weight excluding hydrogens is 159 g/mol. The third-order valence-electron chi connectivity index (χ3n) is 1.40. The zero-order valence-electron chi connectivity index (χ0n) is 6.58. The zero-order valence-corrected chi connectivity index (χ0v) is 6.58. The summed E-state index contributed by atoms with van der Waals surface area (Å²) in [6, 6.07) is 0. The predicted octanol–water partition coefficient (Wildman–Crippen LogP) is 1.69. The van der Waals surface area contributed by atoms with Crippen molar-refractivity contribution in [2.24, 2.45) is 4.99 Å². The van der Waals surface area contributed by atoms with Gasteiger partial charge in [-0.2, -0.15) is 0 Å². The molecule has 0 unspecified atom stereocenters. The number of hydroxylamine groups is 1. The van der Waals surface area contributed by atoms with Crippen molar-refractivity contribution in [3.05, 3.63) is 35.4 Å². The molecule has 4 heteroatoms. The van der Waals surface area contributed by atoms with Gasteiger partial charge in [0.1, 0.15) is 5.83 Å². The summed E-state index contributed by atoms with van der Waals surface area (Å²) in [5, 5.41) is 8.54. The average Bonchev–Trinajstić information content (AvgIpc) is 2.51.